The Morgan fingerprint density at radius 1 is 1.26 bits per heavy atom. The fourth-order valence-electron chi connectivity index (χ4n) is 5.60. The number of hydrogen-bond donors (Lipinski definition) is 1. The Labute approximate surface area is 114 Å². The first-order chi connectivity index (χ1) is 9.09. The van der Waals surface area contributed by atoms with E-state index in [1.807, 2.05) is 6.07 Å². The lowest BCUT2D eigenvalue weighted by Crippen LogP contribution is -2.47. The first-order valence-corrected chi connectivity index (χ1v) is 7.65. The van der Waals surface area contributed by atoms with Crippen LogP contribution in [0.25, 0.3) is 0 Å². The van der Waals surface area contributed by atoms with Crippen molar-refractivity contribution >= 4 is 0 Å². The van der Waals surface area contributed by atoms with Crippen LogP contribution in [0.2, 0.25) is 0 Å². The summed E-state index contributed by atoms with van der Waals surface area (Å²) in [6, 6.07) is 5.13. The lowest BCUT2D eigenvalue weighted by Gasteiger charge is -2.41. The maximum Gasteiger partial charge on any atom is 0.123 e. The standard InChI is InChI=1S/C17H22FN/c1-10-5-6-12(18)8-15(10)17(19)9-11-7-16(17)14-4-2-3-13(11)14/h5-6,8,11,13-14,16H,2-4,7,9,19H2,1H3. The molecule has 5 unspecified atom stereocenters. The summed E-state index contributed by atoms with van der Waals surface area (Å²) in [6.07, 6.45) is 6.48. The molecule has 3 aliphatic rings. The van der Waals surface area contributed by atoms with E-state index in [0.29, 0.717) is 5.92 Å². The lowest BCUT2D eigenvalue weighted by atomic mass is 9.67. The third kappa shape index (κ3) is 1.50. The fraction of sp³-hybridized carbons (Fsp3) is 0.647. The zero-order valence-corrected chi connectivity index (χ0v) is 11.5. The van der Waals surface area contributed by atoms with E-state index < -0.39 is 0 Å². The van der Waals surface area contributed by atoms with Gasteiger partial charge in [0.25, 0.3) is 0 Å². The highest BCUT2D eigenvalue weighted by Crippen LogP contribution is 2.64. The molecule has 102 valence electrons. The van der Waals surface area contributed by atoms with E-state index in [2.05, 4.69) is 6.92 Å². The van der Waals surface area contributed by atoms with E-state index in [4.69, 9.17) is 5.73 Å². The van der Waals surface area contributed by atoms with Gasteiger partial charge in [0.1, 0.15) is 5.82 Å². The summed E-state index contributed by atoms with van der Waals surface area (Å²) in [5.41, 5.74) is 8.80. The van der Waals surface area contributed by atoms with Gasteiger partial charge in [-0.05, 0) is 79.5 Å². The molecule has 1 aromatic carbocycles. The molecule has 0 saturated heterocycles. The quantitative estimate of drug-likeness (QED) is 0.816. The van der Waals surface area contributed by atoms with Crippen molar-refractivity contribution in [2.24, 2.45) is 29.4 Å². The van der Waals surface area contributed by atoms with Crippen LogP contribution in [0.3, 0.4) is 0 Å². The van der Waals surface area contributed by atoms with Crippen LogP contribution in [-0.2, 0) is 5.54 Å². The molecule has 0 heterocycles. The van der Waals surface area contributed by atoms with Crippen LogP contribution in [0.5, 0.6) is 0 Å². The molecule has 0 spiro atoms. The van der Waals surface area contributed by atoms with E-state index in [0.717, 1.165) is 35.3 Å². The highest BCUT2D eigenvalue weighted by atomic mass is 19.1. The second kappa shape index (κ2) is 3.82. The topological polar surface area (TPSA) is 26.0 Å². The second-order valence-electron chi connectivity index (χ2n) is 7.06. The highest BCUT2D eigenvalue weighted by Gasteiger charge is 2.60. The normalized spacial score (nSPS) is 43.7. The summed E-state index contributed by atoms with van der Waals surface area (Å²) in [7, 11) is 0. The predicted octanol–water partition coefficient (Wildman–Crippen LogP) is 3.74. The second-order valence-corrected chi connectivity index (χ2v) is 7.06. The average Bonchev–Trinajstić information content (AvgIpc) is 3.02. The van der Waals surface area contributed by atoms with Gasteiger partial charge in [0.05, 0.1) is 0 Å². The van der Waals surface area contributed by atoms with Gasteiger partial charge in [-0.3, -0.25) is 0 Å². The Bertz CT molecular complexity index is 526. The van der Waals surface area contributed by atoms with Crippen LogP contribution in [0.15, 0.2) is 18.2 Å². The van der Waals surface area contributed by atoms with Crippen molar-refractivity contribution in [3.8, 4) is 0 Å². The number of fused-ring (bicyclic) bond motifs is 5. The van der Waals surface area contributed by atoms with Crippen molar-refractivity contribution in [1.29, 1.82) is 0 Å². The lowest BCUT2D eigenvalue weighted by molar-refractivity contribution is 0.156. The number of aryl methyl sites for hydroxylation is 1. The number of nitrogens with two attached hydrogens (primary N) is 1. The first-order valence-electron chi connectivity index (χ1n) is 7.65. The van der Waals surface area contributed by atoms with Gasteiger partial charge in [-0.1, -0.05) is 12.5 Å². The van der Waals surface area contributed by atoms with Crippen LogP contribution in [0.4, 0.5) is 4.39 Å². The monoisotopic (exact) mass is 259 g/mol. The van der Waals surface area contributed by atoms with Crippen molar-refractivity contribution in [2.75, 3.05) is 0 Å². The molecule has 1 nitrogen and oxygen atoms in total. The van der Waals surface area contributed by atoms with Crippen LogP contribution >= 0.6 is 0 Å². The maximum atomic E-state index is 13.6. The smallest absolute Gasteiger partial charge is 0.123 e. The number of benzene rings is 1. The molecule has 2 bridgehead atoms. The fourth-order valence-corrected chi connectivity index (χ4v) is 5.60. The predicted molar refractivity (Wildman–Crippen MR) is 74.0 cm³/mol. The van der Waals surface area contributed by atoms with Gasteiger partial charge in [0, 0.05) is 5.54 Å². The van der Waals surface area contributed by atoms with Gasteiger partial charge in [0.15, 0.2) is 0 Å². The van der Waals surface area contributed by atoms with E-state index in [9.17, 15) is 4.39 Å². The Morgan fingerprint density at radius 3 is 2.89 bits per heavy atom. The summed E-state index contributed by atoms with van der Waals surface area (Å²) in [6.45, 7) is 2.07. The molecular weight excluding hydrogens is 237 g/mol. The molecule has 3 fully saturated rings. The Kier molecular flexibility index (Phi) is 2.39. The van der Waals surface area contributed by atoms with E-state index in [1.165, 1.54) is 25.7 Å². The number of hydrogen-bond acceptors (Lipinski definition) is 1. The van der Waals surface area contributed by atoms with Crippen LogP contribution in [0.1, 0.15) is 43.2 Å². The number of halogens is 1. The van der Waals surface area contributed by atoms with Crippen LogP contribution < -0.4 is 5.73 Å². The highest BCUT2D eigenvalue weighted by molar-refractivity contribution is 5.36. The van der Waals surface area contributed by atoms with Gasteiger partial charge < -0.3 is 5.73 Å². The van der Waals surface area contributed by atoms with E-state index in [1.54, 1.807) is 12.1 Å². The van der Waals surface area contributed by atoms with Gasteiger partial charge in [-0.2, -0.15) is 0 Å². The molecule has 2 heteroatoms. The molecule has 3 saturated carbocycles. The molecule has 4 rings (SSSR count). The molecule has 2 N–H and O–H groups in total. The molecule has 19 heavy (non-hydrogen) atoms. The summed E-state index contributed by atoms with van der Waals surface area (Å²) < 4.78 is 13.6. The van der Waals surface area contributed by atoms with E-state index in [-0.39, 0.29) is 11.4 Å². The molecule has 0 radical (unpaired) electrons. The minimum Gasteiger partial charge on any atom is -0.321 e. The van der Waals surface area contributed by atoms with Gasteiger partial charge in [-0.25, -0.2) is 4.39 Å². The van der Waals surface area contributed by atoms with Crippen LogP contribution in [0, 0.1) is 36.4 Å². The molecule has 3 aliphatic carbocycles. The maximum absolute atomic E-state index is 13.6. The molecule has 0 aromatic heterocycles. The zero-order chi connectivity index (χ0) is 13.2. The first kappa shape index (κ1) is 11.9. The third-order valence-electron chi connectivity index (χ3n) is 6.27. The summed E-state index contributed by atoms with van der Waals surface area (Å²) in [4.78, 5) is 0. The van der Waals surface area contributed by atoms with Crippen molar-refractivity contribution in [1.82, 2.24) is 0 Å². The molecular formula is C17H22FN. The molecule has 0 amide bonds. The minimum atomic E-state index is -0.262. The SMILES string of the molecule is Cc1ccc(F)cc1C1(N)CC2CC1C1CCCC21. The number of rotatable bonds is 1. The Balaban J connectivity index is 1.77. The van der Waals surface area contributed by atoms with Gasteiger partial charge in [0.2, 0.25) is 0 Å². The average molecular weight is 259 g/mol. The van der Waals surface area contributed by atoms with Gasteiger partial charge in [-0.15, -0.1) is 0 Å². The summed E-state index contributed by atoms with van der Waals surface area (Å²) >= 11 is 0. The van der Waals surface area contributed by atoms with Crippen LogP contribution in [-0.4, -0.2) is 0 Å². The summed E-state index contributed by atoms with van der Waals surface area (Å²) in [5.74, 6) is 2.98. The van der Waals surface area contributed by atoms with Gasteiger partial charge >= 0.3 is 0 Å². The Hall–Kier alpha value is -0.890. The Morgan fingerprint density at radius 2 is 2.05 bits per heavy atom. The van der Waals surface area contributed by atoms with Crippen molar-refractivity contribution in [3.63, 3.8) is 0 Å². The molecule has 1 aromatic rings. The minimum absolute atomic E-state index is 0.142. The zero-order valence-electron chi connectivity index (χ0n) is 11.5. The third-order valence-corrected chi connectivity index (χ3v) is 6.27. The van der Waals surface area contributed by atoms with Crippen molar-refractivity contribution in [2.45, 2.75) is 44.6 Å². The van der Waals surface area contributed by atoms with Crippen molar-refractivity contribution in [3.05, 3.63) is 35.1 Å². The van der Waals surface area contributed by atoms with E-state index >= 15 is 0 Å². The van der Waals surface area contributed by atoms with Crippen molar-refractivity contribution < 1.29 is 4.39 Å². The molecule has 0 aliphatic heterocycles. The molecule has 5 atom stereocenters. The summed E-state index contributed by atoms with van der Waals surface area (Å²) in [5, 5.41) is 0. The largest absolute Gasteiger partial charge is 0.321 e.